The Kier molecular flexibility index (Phi) is 13.0. The van der Waals surface area contributed by atoms with Gasteiger partial charge >= 0.3 is 0 Å². The van der Waals surface area contributed by atoms with E-state index in [1.807, 2.05) is 0 Å². The van der Waals surface area contributed by atoms with Crippen LogP contribution in [0.25, 0.3) is 0 Å². The minimum Gasteiger partial charge on any atom is -0.379 e. The monoisotopic (exact) mass is 369 g/mol. The van der Waals surface area contributed by atoms with Crippen molar-refractivity contribution in [3.63, 3.8) is 0 Å². The van der Waals surface area contributed by atoms with Crippen LogP contribution in [0.5, 0.6) is 0 Å². The van der Waals surface area contributed by atoms with Crippen LogP contribution in [0.2, 0.25) is 0 Å². The lowest BCUT2D eigenvalue weighted by molar-refractivity contribution is -0.125. The van der Waals surface area contributed by atoms with E-state index in [-0.39, 0.29) is 22.6 Å². The van der Waals surface area contributed by atoms with E-state index in [1.165, 1.54) is 0 Å². The molecule has 0 aromatic heterocycles. The first-order valence-corrected chi connectivity index (χ1v) is 9.24. The second-order valence-electron chi connectivity index (χ2n) is 7.29. The zero-order chi connectivity index (χ0) is 19.3. The highest BCUT2D eigenvalue weighted by atomic mass is 19.1. The van der Waals surface area contributed by atoms with Crippen molar-refractivity contribution in [1.29, 1.82) is 0 Å². The molecule has 0 radical (unpaired) electrons. The third-order valence-corrected chi connectivity index (χ3v) is 3.71. The molecule has 25 heavy (non-hydrogen) atoms. The molecule has 7 heteroatoms. The van der Waals surface area contributed by atoms with Crippen molar-refractivity contribution < 1.29 is 22.9 Å². The van der Waals surface area contributed by atoms with Crippen molar-refractivity contribution in [2.24, 2.45) is 5.92 Å². The lowest BCUT2D eigenvalue weighted by Crippen LogP contribution is -2.45. The molecule has 3 N–H and O–H groups in total. The van der Waals surface area contributed by atoms with Crippen molar-refractivity contribution in [2.75, 3.05) is 46.0 Å². The zero-order valence-corrected chi connectivity index (χ0v) is 16.8. The van der Waals surface area contributed by atoms with Crippen LogP contribution in [0, 0.1) is 5.92 Å². The summed E-state index contributed by atoms with van der Waals surface area (Å²) in [6.07, 6.45) is -1.26. The van der Waals surface area contributed by atoms with Gasteiger partial charge in [0, 0.05) is 35.9 Å². The third-order valence-electron chi connectivity index (χ3n) is 3.71. The second-order valence-corrected chi connectivity index (χ2v) is 7.29. The molecule has 0 aliphatic heterocycles. The Balaban J connectivity index is -0.000000960. The summed E-state index contributed by atoms with van der Waals surface area (Å²) in [4.78, 5) is 11.5. The van der Waals surface area contributed by atoms with E-state index in [0.717, 1.165) is 13.1 Å². The molecule has 1 amide bonds. The molecule has 0 saturated heterocycles. The van der Waals surface area contributed by atoms with Crippen molar-refractivity contribution in [2.45, 2.75) is 59.4 Å². The topological polar surface area (TPSA) is 71.6 Å². The zero-order valence-electron chi connectivity index (χ0n) is 16.8. The molecule has 0 aromatic carbocycles. The Bertz CT molecular complexity index is 366. The SMILES string of the molecule is CC(C)NCCOCCNCCOC(C)(C)C(F)CNC(=O)C(C)C.[HH].[HH].[HH]. The molecule has 0 fully saturated rings. The number of nitrogens with one attached hydrogen (secondary N) is 3. The first kappa shape index (κ1) is 24.2. The average molecular weight is 370 g/mol. The number of ether oxygens (including phenoxy) is 2. The van der Waals surface area contributed by atoms with E-state index in [0.29, 0.717) is 32.4 Å². The van der Waals surface area contributed by atoms with Crippen molar-refractivity contribution >= 4 is 5.91 Å². The quantitative estimate of drug-likeness (QED) is 0.386. The number of carbonyl (C=O) groups is 1. The van der Waals surface area contributed by atoms with Crippen LogP contribution in [-0.4, -0.2) is 69.7 Å². The number of amides is 1. The van der Waals surface area contributed by atoms with Crippen LogP contribution in [0.3, 0.4) is 0 Å². The highest BCUT2D eigenvalue weighted by Crippen LogP contribution is 2.17. The maximum absolute atomic E-state index is 14.2. The number of hydrogen-bond acceptors (Lipinski definition) is 5. The van der Waals surface area contributed by atoms with Gasteiger partial charge in [-0.1, -0.05) is 27.7 Å². The molecule has 0 spiro atoms. The summed E-state index contributed by atoms with van der Waals surface area (Å²) < 4.78 is 25.3. The highest BCUT2D eigenvalue weighted by molar-refractivity contribution is 5.77. The molecule has 0 bridgehead atoms. The molecule has 1 unspecified atom stereocenters. The fourth-order valence-corrected chi connectivity index (χ4v) is 1.91. The summed E-state index contributed by atoms with van der Waals surface area (Å²) in [7, 11) is 0. The van der Waals surface area contributed by atoms with Crippen molar-refractivity contribution in [3.8, 4) is 0 Å². The van der Waals surface area contributed by atoms with Crippen LogP contribution in [-0.2, 0) is 14.3 Å². The molecular formula is C18H44FN3O3. The minimum absolute atomic E-state index is 0. The third kappa shape index (κ3) is 13.1. The van der Waals surface area contributed by atoms with Crippen LogP contribution in [0.1, 0.15) is 45.8 Å². The van der Waals surface area contributed by atoms with Gasteiger partial charge < -0.3 is 25.4 Å². The predicted molar refractivity (Wildman–Crippen MR) is 106 cm³/mol. The maximum atomic E-state index is 14.2. The Labute approximate surface area is 157 Å². The van der Waals surface area contributed by atoms with Gasteiger partial charge in [0.15, 0.2) is 0 Å². The first-order valence-electron chi connectivity index (χ1n) is 9.24. The van der Waals surface area contributed by atoms with Gasteiger partial charge in [-0.05, 0) is 13.8 Å². The molecule has 0 aliphatic carbocycles. The smallest absolute Gasteiger partial charge is 0.222 e. The maximum Gasteiger partial charge on any atom is 0.222 e. The molecule has 0 heterocycles. The molecular weight excluding hydrogens is 325 g/mol. The van der Waals surface area contributed by atoms with Gasteiger partial charge in [-0.2, -0.15) is 0 Å². The van der Waals surface area contributed by atoms with E-state index in [1.54, 1.807) is 27.7 Å². The van der Waals surface area contributed by atoms with Gasteiger partial charge in [0.2, 0.25) is 5.91 Å². The summed E-state index contributed by atoms with van der Waals surface area (Å²) in [6, 6.07) is 0.472. The Morgan fingerprint density at radius 2 is 1.68 bits per heavy atom. The van der Waals surface area contributed by atoms with E-state index in [2.05, 4.69) is 29.8 Å². The second kappa shape index (κ2) is 13.4. The number of alkyl halides is 1. The number of hydrogen-bond donors (Lipinski definition) is 3. The fourth-order valence-electron chi connectivity index (χ4n) is 1.91. The lowest BCUT2D eigenvalue weighted by Gasteiger charge is -2.29. The van der Waals surface area contributed by atoms with Gasteiger partial charge in [0.1, 0.15) is 6.17 Å². The van der Waals surface area contributed by atoms with E-state index < -0.39 is 11.8 Å². The summed E-state index contributed by atoms with van der Waals surface area (Å²) in [6.45, 7) is 15.1. The Hall–Kier alpha value is -0.760. The summed E-state index contributed by atoms with van der Waals surface area (Å²) >= 11 is 0. The average Bonchev–Trinajstić information content (AvgIpc) is 2.53. The molecule has 1 atom stereocenters. The normalized spacial score (nSPS) is 13.5. The van der Waals surface area contributed by atoms with Crippen LogP contribution in [0.4, 0.5) is 4.39 Å². The molecule has 156 valence electrons. The highest BCUT2D eigenvalue weighted by Gasteiger charge is 2.30. The Morgan fingerprint density at radius 1 is 1.08 bits per heavy atom. The fraction of sp³-hybridized carbons (Fsp3) is 0.944. The van der Waals surface area contributed by atoms with E-state index in [4.69, 9.17) is 9.47 Å². The number of halogens is 1. The summed E-state index contributed by atoms with van der Waals surface area (Å²) in [5, 5.41) is 9.08. The van der Waals surface area contributed by atoms with E-state index in [9.17, 15) is 9.18 Å². The van der Waals surface area contributed by atoms with Crippen molar-refractivity contribution in [1.82, 2.24) is 16.0 Å². The van der Waals surface area contributed by atoms with Crippen LogP contribution < -0.4 is 16.0 Å². The molecule has 6 nitrogen and oxygen atoms in total. The molecule has 0 rings (SSSR count). The summed E-state index contributed by atoms with van der Waals surface area (Å²) in [5.74, 6) is -0.299. The lowest BCUT2D eigenvalue weighted by atomic mass is 10.0. The van der Waals surface area contributed by atoms with Crippen molar-refractivity contribution in [3.05, 3.63) is 0 Å². The van der Waals surface area contributed by atoms with Gasteiger partial charge in [0.05, 0.1) is 32.0 Å². The summed E-state index contributed by atoms with van der Waals surface area (Å²) in [5.41, 5.74) is -0.940. The van der Waals surface area contributed by atoms with E-state index >= 15 is 0 Å². The van der Waals surface area contributed by atoms with Gasteiger partial charge in [-0.3, -0.25) is 4.79 Å². The molecule has 0 aromatic rings. The number of carbonyl (C=O) groups excluding carboxylic acids is 1. The van der Waals surface area contributed by atoms with Gasteiger partial charge in [-0.15, -0.1) is 0 Å². The van der Waals surface area contributed by atoms with Gasteiger partial charge in [-0.25, -0.2) is 4.39 Å². The first-order chi connectivity index (χ1) is 11.7. The van der Waals surface area contributed by atoms with Gasteiger partial charge in [0.25, 0.3) is 0 Å². The van der Waals surface area contributed by atoms with Crippen LogP contribution >= 0.6 is 0 Å². The van der Waals surface area contributed by atoms with Crippen LogP contribution in [0.15, 0.2) is 0 Å². The molecule has 0 saturated carbocycles. The minimum atomic E-state index is -1.26. The standard InChI is InChI=1S/C18H38FN3O3.3H2/c1-14(2)17(23)22-13-16(19)18(5,6)25-12-8-20-7-10-24-11-9-21-15(3)4;;;/h14-16,20-21H,7-13H2,1-6H3,(H,22,23);3*1H. The predicted octanol–water partition coefficient (Wildman–Crippen LogP) is 2.23. The molecule has 0 aliphatic rings. The number of rotatable bonds is 15. The Morgan fingerprint density at radius 3 is 2.28 bits per heavy atom. The largest absolute Gasteiger partial charge is 0.379 e.